The molecule has 1 unspecified atom stereocenters. The summed E-state index contributed by atoms with van der Waals surface area (Å²) < 4.78 is 31.3. The number of sulfonamides is 1. The van der Waals surface area contributed by atoms with Crippen LogP contribution in [0.1, 0.15) is 30.9 Å². The number of ether oxygens (including phenoxy) is 1. The van der Waals surface area contributed by atoms with Crippen LogP contribution in [0.3, 0.4) is 0 Å². The molecule has 0 saturated carbocycles. The molecule has 0 aliphatic carbocycles. The number of rotatable bonds is 10. The smallest absolute Gasteiger partial charge is 0.232 e. The van der Waals surface area contributed by atoms with Crippen LogP contribution in [0.2, 0.25) is 0 Å². The first-order chi connectivity index (χ1) is 13.6. The van der Waals surface area contributed by atoms with Crippen molar-refractivity contribution in [2.75, 3.05) is 23.7 Å². The summed E-state index contributed by atoms with van der Waals surface area (Å²) in [5, 5.41) is 2.89. The molecule has 0 saturated heterocycles. The number of carbonyl (C=O) groups is 1. The zero-order valence-corrected chi connectivity index (χ0v) is 18.3. The van der Waals surface area contributed by atoms with Crippen molar-refractivity contribution in [3.05, 3.63) is 59.7 Å². The Labute approximate surface area is 173 Å². The molecule has 0 bridgehead atoms. The summed E-state index contributed by atoms with van der Waals surface area (Å²) in [6.07, 6.45) is 1.85. The number of anilines is 1. The Balaban J connectivity index is 1.79. The second-order valence-corrected chi connectivity index (χ2v) is 9.27. The van der Waals surface area contributed by atoms with Gasteiger partial charge in [-0.25, -0.2) is 8.42 Å². The molecular weight excluding hydrogens is 388 g/mol. The Kier molecular flexibility index (Phi) is 8.08. The molecule has 2 rings (SSSR count). The van der Waals surface area contributed by atoms with Gasteiger partial charge in [-0.3, -0.25) is 9.10 Å². The van der Waals surface area contributed by atoms with E-state index in [1.807, 2.05) is 57.2 Å². The summed E-state index contributed by atoms with van der Waals surface area (Å²) in [6, 6.07) is 14.9. The molecule has 1 N–H and O–H groups in total. The summed E-state index contributed by atoms with van der Waals surface area (Å²) in [6.45, 7) is 6.46. The summed E-state index contributed by atoms with van der Waals surface area (Å²) in [5.74, 6) is 0.640. The Morgan fingerprint density at radius 1 is 1.03 bits per heavy atom. The molecule has 0 spiro atoms. The molecule has 158 valence electrons. The summed E-state index contributed by atoms with van der Waals surface area (Å²) in [5.41, 5.74) is 2.83. The SMILES string of the molecule is Cc1ccc(OCC(C)NC(=O)CCCN(c2ccc(C)cc2)S(C)(=O)=O)cc1. The van der Waals surface area contributed by atoms with Gasteiger partial charge in [0.1, 0.15) is 12.4 Å². The Morgan fingerprint density at radius 2 is 1.59 bits per heavy atom. The van der Waals surface area contributed by atoms with Crippen LogP contribution in [0.4, 0.5) is 5.69 Å². The second-order valence-electron chi connectivity index (χ2n) is 7.37. The molecular formula is C22H30N2O4S. The highest BCUT2D eigenvalue weighted by atomic mass is 32.2. The van der Waals surface area contributed by atoms with Gasteiger partial charge in [-0.15, -0.1) is 0 Å². The van der Waals surface area contributed by atoms with E-state index in [9.17, 15) is 13.2 Å². The van der Waals surface area contributed by atoms with Crippen LogP contribution in [-0.4, -0.2) is 39.8 Å². The molecule has 0 aromatic heterocycles. The monoisotopic (exact) mass is 418 g/mol. The number of hydrogen-bond acceptors (Lipinski definition) is 4. The maximum absolute atomic E-state index is 12.2. The zero-order chi connectivity index (χ0) is 21.4. The maximum Gasteiger partial charge on any atom is 0.232 e. The Hall–Kier alpha value is -2.54. The van der Waals surface area contributed by atoms with Crippen LogP contribution >= 0.6 is 0 Å². The lowest BCUT2D eigenvalue weighted by Crippen LogP contribution is -2.37. The standard InChI is InChI=1S/C22H30N2O4S/c1-17-7-11-20(12-8-17)24(29(4,26)27)15-5-6-22(25)23-19(3)16-28-21-13-9-18(2)10-14-21/h7-14,19H,5-6,15-16H2,1-4H3,(H,23,25). The van der Waals surface area contributed by atoms with Crippen molar-refractivity contribution >= 4 is 21.6 Å². The van der Waals surface area contributed by atoms with Crippen molar-refractivity contribution < 1.29 is 17.9 Å². The van der Waals surface area contributed by atoms with Gasteiger partial charge in [0.05, 0.1) is 18.0 Å². The average Bonchev–Trinajstić information content (AvgIpc) is 2.65. The van der Waals surface area contributed by atoms with Crippen molar-refractivity contribution in [3.8, 4) is 5.75 Å². The fraction of sp³-hybridized carbons (Fsp3) is 0.409. The third-order valence-electron chi connectivity index (χ3n) is 4.42. The van der Waals surface area contributed by atoms with Gasteiger partial charge >= 0.3 is 0 Å². The number of nitrogens with one attached hydrogen (secondary N) is 1. The summed E-state index contributed by atoms with van der Waals surface area (Å²) >= 11 is 0. The predicted octanol–water partition coefficient (Wildman–Crippen LogP) is 3.43. The van der Waals surface area contributed by atoms with Crippen LogP contribution in [0.5, 0.6) is 5.75 Å². The minimum absolute atomic E-state index is 0.123. The highest BCUT2D eigenvalue weighted by molar-refractivity contribution is 7.92. The van der Waals surface area contributed by atoms with E-state index in [1.54, 1.807) is 12.1 Å². The minimum atomic E-state index is -3.41. The van der Waals surface area contributed by atoms with Crippen molar-refractivity contribution in [1.29, 1.82) is 0 Å². The van der Waals surface area contributed by atoms with Gasteiger partial charge in [-0.05, 0) is 51.5 Å². The van der Waals surface area contributed by atoms with E-state index in [4.69, 9.17) is 4.74 Å². The van der Waals surface area contributed by atoms with Crippen LogP contribution < -0.4 is 14.4 Å². The third kappa shape index (κ3) is 7.77. The van der Waals surface area contributed by atoms with Crippen LogP contribution in [0.15, 0.2) is 48.5 Å². The van der Waals surface area contributed by atoms with Gasteiger partial charge in [-0.1, -0.05) is 35.4 Å². The fourth-order valence-corrected chi connectivity index (χ4v) is 3.79. The maximum atomic E-state index is 12.2. The molecule has 0 aliphatic heterocycles. The number of nitrogens with zero attached hydrogens (tertiary/aromatic N) is 1. The van der Waals surface area contributed by atoms with Crippen molar-refractivity contribution in [2.24, 2.45) is 0 Å². The van der Waals surface area contributed by atoms with Gasteiger partial charge in [0.25, 0.3) is 0 Å². The van der Waals surface area contributed by atoms with E-state index in [0.717, 1.165) is 16.9 Å². The van der Waals surface area contributed by atoms with Gasteiger partial charge < -0.3 is 10.1 Å². The molecule has 0 aliphatic rings. The molecule has 1 amide bonds. The third-order valence-corrected chi connectivity index (χ3v) is 5.61. The van der Waals surface area contributed by atoms with Gasteiger partial charge in [0.2, 0.25) is 15.9 Å². The van der Waals surface area contributed by atoms with E-state index >= 15 is 0 Å². The molecule has 1 atom stereocenters. The first-order valence-electron chi connectivity index (χ1n) is 9.68. The number of carbonyl (C=O) groups excluding carboxylic acids is 1. The molecule has 2 aromatic rings. The topological polar surface area (TPSA) is 75.7 Å². The second kappa shape index (κ2) is 10.3. The van der Waals surface area contributed by atoms with Crippen molar-refractivity contribution in [2.45, 2.75) is 39.7 Å². The molecule has 7 heteroatoms. The first-order valence-corrected chi connectivity index (χ1v) is 11.5. The van der Waals surface area contributed by atoms with Crippen LogP contribution in [0.25, 0.3) is 0 Å². The van der Waals surface area contributed by atoms with Gasteiger partial charge in [-0.2, -0.15) is 0 Å². The first kappa shape index (κ1) is 22.7. The van der Waals surface area contributed by atoms with E-state index < -0.39 is 10.0 Å². The fourth-order valence-electron chi connectivity index (χ4n) is 2.83. The number of amides is 1. The number of benzene rings is 2. The largest absolute Gasteiger partial charge is 0.491 e. The molecule has 0 heterocycles. The lowest BCUT2D eigenvalue weighted by molar-refractivity contribution is -0.121. The van der Waals surface area contributed by atoms with Gasteiger partial charge in [0, 0.05) is 13.0 Å². The normalized spacial score (nSPS) is 12.3. The predicted molar refractivity (Wildman–Crippen MR) is 117 cm³/mol. The Bertz CT molecular complexity index is 893. The van der Waals surface area contributed by atoms with E-state index in [1.165, 1.54) is 10.6 Å². The zero-order valence-electron chi connectivity index (χ0n) is 17.5. The van der Waals surface area contributed by atoms with E-state index in [0.29, 0.717) is 18.7 Å². The number of aryl methyl sites for hydroxylation is 2. The molecule has 2 aromatic carbocycles. The van der Waals surface area contributed by atoms with Crippen molar-refractivity contribution in [3.63, 3.8) is 0 Å². The number of hydrogen-bond donors (Lipinski definition) is 1. The van der Waals surface area contributed by atoms with Crippen LogP contribution in [0, 0.1) is 13.8 Å². The lowest BCUT2D eigenvalue weighted by atomic mass is 10.2. The summed E-state index contributed by atoms with van der Waals surface area (Å²) in [7, 11) is -3.41. The van der Waals surface area contributed by atoms with Gasteiger partial charge in [0.15, 0.2) is 0 Å². The minimum Gasteiger partial charge on any atom is -0.491 e. The quantitative estimate of drug-likeness (QED) is 0.641. The lowest BCUT2D eigenvalue weighted by Gasteiger charge is -2.22. The molecule has 0 radical (unpaired) electrons. The van der Waals surface area contributed by atoms with Crippen LogP contribution in [-0.2, 0) is 14.8 Å². The average molecular weight is 419 g/mol. The van der Waals surface area contributed by atoms with Crippen molar-refractivity contribution in [1.82, 2.24) is 5.32 Å². The highest BCUT2D eigenvalue weighted by Gasteiger charge is 2.17. The van der Waals surface area contributed by atoms with E-state index in [2.05, 4.69) is 5.32 Å². The molecule has 6 nitrogen and oxygen atoms in total. The Morgan fingerprint density at radius 3 is 2.14 bits per heavy atom. The highest BCUT2D eigenvalue weighted by Crippen LogP contribution is 2.19. The summed E-state index contributed by atoms with van der Waals surface area (Å²) in [4.78, 5) is 12.2. The van der Waals surface area contributed by atoms with E-state index in [-0.39, 0.29) is 24.9 Å². The molecule has 29 heavy (non-hydrogen) atoms. The molecule has 0 fully saturated rings.